The van der Waals surface area contributed by atoms with E-state index >= 15 is 0 Å². The third kappa shape index (κ3) is 3.67. The molecule has 0 spiro atoms. The van der Waals surface area contributed by atoms with Crippen molar-refractivity contribution in [3.63, 3.8) is 0 Å². The molecule has 2 heterocycles. The van der Waals surface area contributed by atoms with Crippen molar-refractivity contribution in [2.75, 3.05) is 32.8 Å². The first-order chi connectivity index (χ1) is 8.66. The zero-order valence-corrected chi connectivity index (χ0v) is 11.4. The quantitative estimate of drug-likeness (QED) is 0.743. The summed E-state index contributed by atoms with van der Waals surface area (Å²) in [4.78, 5) is 13.5. The Balaban J connectivity index is 1.76. The second-order valence-electron chi connectivity index (χ2n) is 5.36. The molecular formula is C13H25N3O2. The fourth-order valence-electron chi connectivity index (χ4n) is 2.87. The van der Waals surface area contributed by atoms with Crippen molar-refractivity contribution < 1.29 is 9.53 Å². The molecule has 2 aliphatic rings. The molecule has 2 N–H and O–H groups in total. The van der Waals surface area contributed by atoms with Gasteiger partial charge in [0.05, 0.1) is 12.7 Å². The predicted molar refractivity (Wildman–Crippen MR) is 70.5 cm³/mol. The van der Waals surface area contributed by atoms with Crippen molar-refractivity contribution in [2.45, 2.75) is 44.9 Å². The Morgan fingerprint density at radius 1 is 1.44 bits per heavy atom. The summed E-state index contributed by atoms with van der Waals surface area (Å²) in [6.07, 6.45) is 2.39. The Kier molecular flexibility index (Phi) is 4.97. The van der Waals surface area contributed by atoms with E-state index < -0.39 is 0 Å². The van der Waals surface area contributed by atoms with E-state index in [-0.39, 0.29) is 5.91 Å². The Morgan fingerprint density at radius 3 is 2.72 bits per heavy atom. The number of piperidine rings is 1. The van der Waals surface area contributed by atoms with Gasteiger partial charge in [0.2, 0.25) is 5.91 Å². The topological polar surface area (TPSA) is 53.6 Å². The lowest BCUT2D eigenvalue weighted by Gasteiger charge is -2.40. The molecule has 2 saturated heterocycles. The van der Waals surface area contributed by atoms with Crippen LogP contribution in [-0.4, -0.2) is 61.8 Å². The van der Waals surface area contributed by atoms with Gasteiger partial charge in [-0.2, -0.15) is 0 Å². The Morgan fingerprint density at radius 2 is 2.17 bits per heavy atom. The molecule has 2 fully saturated rings. The number of morpholine rings is 1. The fourth-order valence-corrected chi connectivity index (χ4v) is 2.87. The number of nitrogens with one attached hydrogen (secondary N) is 2. The lowest BCUT2D eigenvalue weighted by Crippen LogP contribution is -2.54. The normalized spacial score (nSPS) is 28.9. The molecule has 0 saturated carbocycles. The van der Waals surface area contributed by atoms with Crippen molar-refractivity contribution in [3.05, 3.63) is 0 Å². The highest BCUT2D eigenvalue weighted by molar-refractivity contribution is 5.73. The van der Waals surface area contributed by atoms with Crippen LogP contribution in [0.25, 0.3) is 0 Å². The van der Waals surface area contributed by atoms with E-state index in [0.29, 0.717) is 18.2 Å². The highest BCUT2D eigenvalue weighted by Crippen LogP contribution is 2.17. The molecule has 0 aromatic carbocycles. The van der Waals surface area contributed by atoms with E-state index in [2.05, 4.69) is 22.5 Å². The molecule has 0 aliphatic carbocycles. The zero-order valence-electron chi connectivity index (χ0n) is 11.4. The van der Waals surface area contributed by atoms with Gasteiger partial charge in [0, 0.05) is 45.2 Å². The number of hydrogen-bond acceptors (Lipinski definition) is 4. The third-order valence-corrected chi connectivity index (χ3v) is 4.01. The van der Waals surface area contributed by atoms with Gasteiger partial charge >= 0.3 is 0 Å². The van der Waals surface area contributed by atoms with Crippen LogP contribution < -0.4 is 10.6 Å². The second kappa shape index (κ2) is 6.50. The number of amides is 1. The Hall–Kier alpha value is -0.650. The minimum atomic E-state index is 0.0845. The summed E-state index contributed by atoms with van der Waals surface area (Å²) in [7, 11) is 0. The lowest BCUT2D eigenvalue weighted by atomic mass is 10.0. The first-order valence-electron chi connectivity index (χ1n) is 7.00. The largest absolute Gasteiger partial charge is 0.374 e. The van der Waals surface area contributed by atoms with E-state index in [1.807, 2.05) is 0 Å². The SMILES string of the molecule is CC(=O)NC1CCN(C(C)C2CNCCO2)CC1. The van der Waals surface area contributed by atoms with Crippen molar-refractivity contribution in [1.29, 1.82) is 0 Å². The van der Waals surface area contributed by atoms with Gasteiger partial charge in [0.1, 0.15) is 0 Å². The molecule has 2 unspecified atom stereocenters. The lowest BCUT2D eigenvalue weighted by molar-refractivity contribution is -0.120. The molecule has 5 heteroatoms. The van der Waals surface area contributed by atoms with Gasteiger partial charge in [-0.25, -0.2) is 0 Å². The van der Waals surface area contributed by atoms with Gasteiger partial charge in [-0.1, -0.05) is 0 Å². The molecule has 18 heavy (non-hydrogen) atoms. The van der Waals surface area contributed by atoms with Crippen LogP contribution in [0.1, 0.15) is 26.7 Å². The van der Waals surface area contributed by atoms with Crippen LogP contribution in [0.2, 0.25) is 0 Å². The molecule has 0 radical (unpaired) electrons. The number of hydrogen-bond donors (Lipinski definition) is 2. The number of nitrogens with zero attached hydrogens (tertiary/aromatic N) is 1. The van der Waals surface area contributed by atoms with E-state index in [4.69, 9.17) is 4.74 Å². The zero-order chi connectivity index (χ0) is 13.0. The van der Waals surface area contributed by atoms with Crippen LogP contribution in [0.4, 0.5) is 0 Å². The fraction of sp³-hybridized carbons (Fsp3) is 0.923. The molecule has 2 atom stereocenters. The molecule has 0 bridgehead atoms. The standard InChI is InChI=1S/C13H25N3O2/c1-10(13-9-14-5-8-18-13)16-6-3-12(4-7-16)15-11(2)17/h10,12-14H,3-9H2,1-2H3,(H,15,17). The number of rotatable bonds is 3. The minimum absolute atomic E-state index is 0.0845. The van der Waals surface area contributed by atoms with E-state index in [1.165, 1.54) is 0 Å². The molecular weight excluding hydrogens is 230 g/mol. The maximum Gasteiger partial charge on any atom is 0.217 e. The van der Waals surface area contributed by atoms with Crippen LogP contribution in [0.5, 0.6) is 0 Å². The van der Waals surface area contributed by atoms with E-state index in [1.54, 1.807) is 6.92 Å². The summed E-state index contributed by atoms with van der Waals surface area (Å²) >= 11 is 0. The van der Waals surface area contributed by atoms with Crippen LogP contribution >= 0.6 is 0 Å². The highest BCUT2D eigenvalue weighted by Gasteiger charge is 2.29. The van der Waals surface area contributed by atoms with Gasteiger partial charge in [-0.05, 0) is 19.8 Å². The van der Waals surface area contributed by atoms with Crippen molar-refractivity contribution in [2.24, 2.45) is 0 Å². The van der Waals surface area contributed by atoms with E-state index in [0.717, 1.165) is 45.6 Å². The van der Waals surface area contributed by atoms with Crippen LogP contribution in [0.3, 0.4) is 0 Å². The van der Waals surface area contributed by atoms with Gasteiger partial charge in [0.25, 0.3) is 0 Å². The Labute approximate surface area is 109 Å². The van der Waals surface area contributed by atoms with Crippen molar-refractivity contribution in [1.82, 2.24) is 15.5 Å². The monoisotopic (exact) mass is 255 g/mol. The highest BCUT2D eigenvalue weighted by atomic mass is 16.5. The summed E-state index contributed by atoms with van der Waals surface area (Å²) in [6, 6.07) is 0.812. The van der Waals surface area contributed by atoms with Crippen LogP contribution in [-0.2, 0) is 9.53 Å². The number of likely N-dealkylation sites (tertiary alicyclic amines) is 1. The molecule has 0 aromatic heterocycles. The van der Waals surface area contributed by atoms with Gasteiger partial charge in [-0.3, -0.25) is 9.69 Å². The van der Waals surface area contributed by atoms with Crippen LogP contribution in [0, 0.1) is 0 Å². The average Bonchev–Trinajstić information content (AvgIpc) is 2.39. The maximum atomic E-state index is 11.0. The van der Waals surface area contributed by atoms with Gasteiger partial charge in [0.15, 0.2) is 0 Å². The number of carbonyl (C=O) groups excluding carboxylic acids is 1. The molecule has 2 rings (SSSR count). The van der Waals surface area contributed by atoms with E-state index in [9.17, 15) is 4.79 Å². The second-order valence-corrected chi connectivity index (χ2v) is 5.36. The third-order valence-electron chi connectivity index (χ3n) is 4.01. The predicted octanol–water partition coefficient (Wildman–Crippen LogP) is -0.0362. The van der Waals surface area contributed by atoms with Crippen molar-refractivity contribution in [3.8, 4) is 0 Å². The molecule has 2 aliphatic heterocycles. The molecule has 0 aromatic rings. The summed E-state index contributed by atoms with van der Waals surface area (Å²) in [6.45, 7) is 8.67. The summed E-state index contributed by atoms with van der Waals surface area (Å²) in [5, 5.41) is 6.39. The smallest absolute Gasteiger partial charge is 0.217 e. The van der Waals surface area contributed by atoms with Crippen LogP contribution in [0.15, 0.2) is 0 Å². The molecule has 1 amide bonds. The summed E-state index contributed by atoms with van der Waals surface area (Å²) in [5.41, 5.74) is 0. The number of carbonyl (C=O) groups is 1. The first-order valence-corrected chi connectivity index (χ1v) is 7.00. The maximum absolute atomic E-state index is 11.0. The van der Waals surface area contributed by atoms with Gasteiger partial charge < -0.3 is 15.4 Å². The first kappa shape index (κ1) is 13.8. The average molecular weight is 255 g/mol. The molecule has 5 nitrogen and oxygen atoms in total. The minimum Gasteiger partial charge on any atom is -0.374 e. The summed E-state index contributed by atoms with van der Waals surface area (Å²) < 4.78 is 5.81. The summed E-state index contributed by atoms with van der Waals surface area (Å²) in [5.74, 6) is 0.0845. The Bertz CT molecular complexity index is 271. The number of ether oxygens (including phenoxy) is 1. The molecule has 104 valence electrons. The van der Waals surface area contributed by atoms with Crippen molar-refractivity contribution >= 4 is 5.91 Å². The van der Waals surface area contributed by atoms with Gasteiger partial charge in [-0.15, -0.1) is 0 Å².